The Labute approximate surface area is 169 Å². The smallest absolute Gasteiger partial charge is 0.271 e. The van der Waals surface area contributed by atoms with Crippen LogP contribution in [0.3, 0.4) is 0 Å². The second-order valence-electron chi connectivity index (χ2n) is 7.98. The molecule has 0 aliphatic heterocycles. The van der Waals surface area contributed by atoms with Crippen molar-refractivity contribution in [2.24, 2.45) is 0 Å². The van der Waals surface area contributed by atoms with E-state index in [0.717, 1.165) is 0 Å². The van der Waals surface area contributed by atoms with Crippen molar-refractivity contribution in [3.05, 3.63) is 57.7 Å². The van der Waals surface area contributed by atoms with Crippen LogP contribution in [0.2, 0.25) is 0 Å². The van der Waals surface area contributed by atoms with Gasteiger partial charge in [-0.2, -0.15) is 9.78 Å². The van der Waals surface area contributed by atoms with Crippen LogP contribution in [0.15, 0.2) is 44.5 Å². The van der Waals surface area contributed by atoms with E-state index in [1.807, 2.05) is 0 Å². The van der Waals surface area contributed by atoms with Crippen LogP contribution >= 0.6 is 0 Å². The minimum absolute atomic E-state index is 0.168. The zero-order chi connectivity index (χ0) is 21.6. The molecule has 3 aromatic rings. The third-order valence-corrected chi connectivity index (χ3v) is 6.12. The van der Waals surface area contributed by atoms with Crippen LogP contribution in [-0.4, -0.2) is 28.9 Å². The Morgan fingerprint density at radius 1 is 1.07 bits per heavy atom. The van der Waals surface area contributed by atoms with Gasteiger partial charge in [0.1, 0.15) is 11.4 Å². The SMILES string of the molecule is Cc1ccc(-c2ccc(=O)n(-c3c(C)noc3C)n2)cc1S(=O)(=O)NC(C)(C)C. The summed E-state index contributed by atoms with van der Waals surface area (Å²) >= 11 is 0. The summed E-state index contributed by atoms with van der Waals surface area (Å²) in [6.45, 7) is 10.5. The van der Waals surface area contributed by atoms with Gasteiger partial charge in [-0.25, -0.2) is 13.1 Å². The van der Waals surface area contributed by atoms with E-state index in [4.69, 9.17) is 4.52 Å². The largest absolute Gasteiger partial charge is 0.359 e. The van der Waals surface area contributed by atoms with Crippen molar-refractivity contribution in [2.45, 2.75) is 52.0 Å². The van der Waals surface area contributed by atoms with E-state index < -0.39 is 15.6 Å². The van der Waals surface area contributed by atoms with Crippen molar-refractivity contribution in [2.75, 3.05) is 0 Å². The molecule has 0 saturated carbocycles. The van der Waals surface area contributed by atoms with Crippen molar-refractivity contribution >= 4 is 10.0 Å². The lowest BCUT2D eigenvalue weighted by Gasteiger charge is -2.21. The highest BCUT2D eigenvalue weighted by Gasteiger charge is 2.24. The second-order valence-corrected chi connectivity index (χ2v) is 9.63. The van der Waals surface area contributed by atoms with Gasteiger partial charge in [0.2, 0.25) is 10.0 Å². The highest BCUT2D eigenvalue weighted by atomic mass is 32.2. The molecule has 0 unspecified atom stereocenters. The molecule has 0 aliphatic carbocycles. The molecule has 0 spiro atoms. The van der Waals surface area contributed by atoms with Gasteiger partial charge in [-0.1, -0.05) is 17.3 Å². The van der Waals surface area contributed by atoms with Crippen LogP contribution in [0.1, 0.15) is 37.8 Å². The third kappa shape index (κ3) is 4.30. The molecule has 0 fully saturated rings. The monoisotopic (exact) mass is 416 g/mol. The third-order valence-electron chi connectivity index (χ3n) is 4.22. The van der Waals surface area contributed by atoms with Gasteiger partial charge in [-0.05, 0) is 59.2 Å². The summed E-state index contributed by atoms with van der Waals surface area (Å²) in [6.07, 6.45) is 0. The van der Waals surface area contributed by atoms with Gasteiger partial charge in [0.05, 0.1) is 10.6 Å². The lowest BCUT2D eigenvalue weighted by Crippen LogP contribution is -2.40. The number of hydrogen-bond donors (Lipinski definition) is 1. The van der Waals surface area contributed by atoms with Crippen LogP contribution in [0.5, 0.6) is 0 Å². The van der Waals surface area contributed by atoms with Crippen LogP contribution in [-0.2, 0) is 10.0 Å². The van der Waals surface area contributed by atoms with E-state index in [0.29, 0.717) is 34.0 Å². The van der Waals surface area contributed by atoms with E-state index in [2.05, 4.69) is 15.0 Å². The van der Waals surface area contributed by atoms with E-state index in [-0.39, 0.29) is 10.5 Å². The molecule has 0 radical (unpaired) electrons. The number of hydrogen-bond acceptors (Lipinski definition) is 6. The lowest BCUT2D eigenvalue weighted by atomic mass is 10.1. The summed E-state index contributed by atoms with van der Waals surface area (Å²) in [5.41, 5.74) is 1.71. The molecule has 0 aliphatic rings. The van der Waals surface area contributed by atoms with Crippen molar-refractivity contribution in [1.82, 2.24) is 19.7 Å². The molecular weight excluding hydrogens is 392 g/mol. The van der Waals surface area contributed by atoms with Gasteiger partial charge >= 0.3 is 0 Å². The first-order valence-electron chi connectivity index (χ1n) is 9.08. The molecule has 9 heteroatoms. The molecule has 0 atom stereocenters. The summed E-state index contributed by atoms with van der Waals surface area (Å²) in [4.78, 5) is 12.5. The fraction of sp³-hybridized carbons (Fsp3) is 0.350. The highest BCUT2D eigenvalue weighted by molar-refractivity contribution is 7.89. The molecule has 154 valence electrons. The first-order valence-corrected chi connectivity index (χ1v) is 10.6. The molecule has 2 aromatic heterocycles. The van der Waals surface area contributed by atoms with Crippen molar-refractivity contribution in [3.63, 3.8) is 0 Å². The topological polar surface area (TPSA) is 107 Å². The Bertz CT molecular complexity index is 1210. The normalized spacial score (nSPS) is 12.3. The maximum atomic E-state index is 12.8. The molecule has 2 heterocycles. The Balaban J connectivity index is 2.14. The molecule has 3 rings (SSSR count). The van der Waals surface area contributed by atoms with Crippen LogP contribution < -0.4 is 10.3 Å². The zero-order valence-electron chi connectivity index (χ0n) is 17.3. The van der Waals surface area contributed by atoms with E-state index in [9.17, 15) is 13.2 Å². The van der Waals surface area contributed by atoms with Gasteiger partial charge in [0.15, 0.2) is 5.76 Å². The van der Waals surface area contributed by atoms with Crippen LogP contribution in [0.4, 0.5) is 0 Å². The molecular formula is C20H24N4O4S. The summed E-state index contributed by atoms with van der Waals surface area (Å²) in [7, 11) is -3.73. The maximum absolute atomic E-state index is 12.8. The zero-order valence-corrected chi connectivity index (χ0v) is 18.1. The Hall–Kier alpha value is -2.78. The van der Waals surface area contributed by atoms with Gasteiger partial charge in [0.25, 0.3) is 5.56 Å². The predicted molar refractivity (Wildman–Crippen MR) is 110 cm³/mol. The van der Waals surface area contributed by atoms with Crippen LogP contribution in [0.25, 0.3) is 16.9 Å². The first-order chi connectivity index (χ1) is 13.4. The van der Waals surface area contributed by atoms with Gasteiger partial charge in [-0.3, -0.25) is 4.79 Å². The molecule has 1 aromatic carbocycles. The maximum Gasteiger partial charge on any atom is 0.271 e. The number of aromatic nitrogens is 3. The summed E-state index contributed by atoms with van der Waals surface area (Å²) in [6, 6.07) is 8.01. The molecule has 29 heavy (non-hydrogen) atoms. The molecule has 0 saturated heterocycles. The minimum Gasteiger partial charge on any atom is -0.359 e. The average molecular weight is 417 g/mol. The number of sulfonamides is 1. The molecule has 1 N–H and O–H groups in total. The number of nitrogens with one attached hydrogen (secondary N) is 1. The van der Waals surface area contributed by atoms with E-state index in [1.54, 1.807) is 65.8 Å². The molecule has 0 bridgehead atoms. The van der Waals surface area contributed by atoms with Gasteiger partial charge in [-0.15, -0.1) is 0 Å². The average Bonchev–Trinajstić information content (AvgIpc) is 2.92. The Morgan fingerprint density at radius 2 is 1.76 bits per heavy atom. The second kappa shape index (κ2) is 7.23. The van der Waals surface area contributed by atoms with E-state index >= 15 is 0 Å². The lowest BCUT2D eigenvalue weighted by molar-refractivity contribution is 0.392. The summed E-state index contributed by atoms with van der Waals surface area (Å²) in [5.74, 6) is 0.468. The standard InChI is InChI=1S/C20H24N4O4S/c1-12-7-8-15(11-17(12)29(26,27)23-20(4,5)6)16-9-10-18(25)24(21-16)19-13(2)22-28-14(19)3/h7-11,23H,1-6H3. The van der Waals surface area contributed by atoms with Crippen LogP contribution in [0, 0.1) is 20.8 Å². The summed E-state index contributed by atoms with van der Waals surface area (Å²) in [5, 5.41) is 8.29. The van der Waals surface area contributed by atoms with Crippen molar-refractivity contribution in [3.8, 4) is 16.9 Å². The Morgan fingerprint density at radius 3 is 2.34 bits per heavy atom. The summed E-state index contributed by atoms with van der Waals surface area (Å²) < 4.78 is 34.7. The number of benzene rings is 1. The fourth-order valence-electron chi connectivity index (χ4n) is 3.01. The molecule has 0 amide bonds. The number of nitrogens with zero attached hydrogens (tertiary/aromatic N) is 3. The number of aryl methyl sites for hydroxylation is 3. The first kappa shape index (κ1) is 20.9. The van der Waals surface area contributed by atoms with Crippen molar-refractivity contribution < 1.29 is 12.9 Å². The molecule has 8 nitrogen and oxygen atoms in total. The van der Waals surface area contributed by atoms with Crippen molar-refractivity contribution in [1.29, 1.82) is 0 Å². The Kier molecular flexibility index (Phi) is 5.22. The predicted octanol–water partition coefficient (Wildman–Crippen LogP) is 2.89. The quantitative estimate of drug-likeness (QED) is 0.701. The fourth-order valence-corrected chi connectivity index (χ4v) is 4.70. The number of rotatable bonds is 4. The van der Waals surface area contributed by atoms with Gasteiger partial charge in [0, 0.05) is 17.2 Å². The highest BCUT2D eigenvalue weighted by Crippen LogP contribution is 2.25. The minimum atomic E-state index is -3.73. The van der Waals surface area contributed by atoms with E-state index in [1.165, 1.54) is 10.7 Å². The van der Waals surface area contributed by atoms with Gasteiger partial charge < -0.3 is 4.52 Å².